The lowest BCUT2D eigenvalue weighted by atomic mass is 10.0. The topological polar surface area (TPSA) is 35.2 Å². The Morgan fingerprint density at radius 2 is 1.67 bits per heavy atom. The zero-order chi connectivity index (χ0) is 11.6. The first-order valence-electron chi connectivity index (χ1n) is 5.33. The van der Waals surface area contributed by atoms with E-state index in [4.69, 9.17) is 10.5 Å². The van der Waals surface area contributed by atoms with Crippen LogP contribution in [-0.4, -0.2) is 12.1 Å². The average Bonchev–Trinajstić information content (AvgIpc) is 2.19. The maximum Gasteiger partial charge on any atom is 0.126 e. The summed E-state index contributed by atoms with van der Waals surface area (Å²) >= 11 is 0. The molecule has 0 aliphatic heterocycles. The summed E-state index contributed by atoms with van der Waals surface area (Å²) in [6.07, 6.45) is 0. The standard InChI is InChI=1S/C13H21NO/c1-9-6-7-10(2)12(11(9)3)15-13(4,5)8-14/h6-7H,8,14H2,1-5H3. The molecule has 84 valence electrons. The van der Waals surface area contributed by atoms with Gasteiger partial charge in [0.1, 0.15) is 11.4 Å². The zero-order valence-electron chi connectivity index (χ0n) is 10.3. The molecular formula is C13H21NO. The molecule has 2 heteroatoms. The number of nitrogens with two attached hydrogens (primary N) is 1. The normalized spacial score (nSPS) is 11.6. The van der Waals surface area contributed by atoms with E-state index in [-0.39, 0.29) is 5.60 Å². The van der Waals surface area contributed by atoms with Gasteiger partial charge in [-0.3, -0.25) is 0 Å². The Hall–Kier alpha value is -1.02. The molecule has 0 aromatic heterocycles. The van der Waals surface area contributed by atoms with Gasteiger partial charge >= 0.3 is 0 Å². The van der Waals surface area contributed by atoms with Crippen LogP contribution in [0, 0.1) is 20.8 Å². The molecule has 0 atom stereocenters. The molecule has 1 aromatic carbocycles. The molecular weight excluding hydrogens is 186 g/mol. The molecule has 15 heavy (non-hydrogen) atoms. The van der Waals surface area contributed by atoms with Gasteiger partial charge in [0, 0.05) is 6.54 Å². The van der Waals surface area contributed by atoms with Crippen LogP contribution in [0.25, 0.3) is 0 Å². The third-order valence-electron chi connectivity index (χ3n) is 2.74. The Labute approximate surface area is 92.4 Å². The van der Waals surface area contributed by atoms with Crippen LogP contribution in [0.3, 0.4) is 0 Å². The van der Waals surface area contributed by atoms with Crippen LogP contribution in [0.5, 0.6) is 5.75 Å². The second kappa shape index (κ2) is 4.23. The van der Waals surface area contributed by atoms with Crippen LogP contribution in [-0.2, 0) is 0 Å². The highest BCUT2D eigenvalue weighted by molar-refractivity contribution is 5.44. The Morgan fingerprint density at radius 1 is 1.13 bits per heavy atom. The maximum absolute atomic E-state index is 5.97. The SMILES string of the molecule is Cc1ccc(C)c(OC(C)(C)CN)c1C. The molecule has 0 saturated carbocycles. The number of ether oxygens (including phenoxy) is 1. The lowest BCUT2D eigenvalue weighted by Crippen LogP contribution is -2.37. The monoisotopic (exact) mass is 207 g/mol. The highest BCUT2D eigenvalue weighted by Crippen LogP contribution is 2.28. The van der Waals surface area contributed by atoms with E-state index < -0.39 is 0 Å². The fraction of sp³-hybridized carbons (Fsp3) is 0.538. The van der Waals surface area contributed by atoms with Crippen LogP contribution >= 0.6 is 0 Å². The van der Waals surface area contributed by atoms with E-state index in [0.717, 1.165) is 5.75 Å². The summed E-state index contributed by atoms with van der Waals surface area (Å²) in [5, 5.41) is 0. The Kier molecular flexibility index (Phi) is 3.40. The van der Waals surface area contributed by atoms with Gasteiger partial charge in [-0.15, -0.1) is 0 Å². The summed E-state index contributed by atoms with van der Waals surface area (Å²) in [6, 6.07) is 4.21. The lowest BCUT2D eigenvalue weighted by Gasteiger charge is -2.27. The number of hydrogen-bond donors (Lipinski definition) is 1. The molecule has 0 radical (unpaired) electrons. The van der Waals surface area contributed by atoms with Gasteiger partial charge in [-0.1, -0.05) is 12.1 Å². The first-order chi connectivity index (χ1) is 6.87. The first-order valence-corrected chi connectivity index (χ1v) is 5.33. The minimum atomic E-state index is -0.302. The molecule has 0 unspecified atom stereocenters. The Morgan fingerprint density at radius 3 is 2.20 bits per heavy atom. The molecule has 0 amide bonds. The minimum Gasteiger partial charge on any atom is -0.486 e. The van der Waals surface area contributed by atoms with Gasteiger partial charge < -0.3 is 10.5 Å². The summed E-state index contributed by atoms with van der Waals surface area (Å²) < 4.78 is 5.97. The van der Waals surface area contributed by atoms with Gasteiger partial charge in [0.05, 0.1) is 0 Å². The highest BCUT2D eigenvalue weighted by atomic mass is 16.5. The molecule has 0 aliphatic carbocycles. The molecule has 0 saturated heterocycles. The van der Waals surface area contributed by atoms with Crippen LogP contribution in [0.2, 0.25) is 0 Å². The molecule has 0 bridgehead atoms. The molecule has 0 aliphatic rings. The fourth-order valence-corrected chi connectivity index (χ4v) is 1.40. The van der Waals surface area contributed by atoms with Gasteiger partial charge in [0.15, 0.2) is 0 Å². The van der Waals surface area contributed by atoms with Crippen molar-refractivity contribution >= 4 is 0 Å². The quantitative estimate of drug-likeness (QED) is 0.827. The van der Waals surface area contributed by atoms with Crippen molar-refractivity contribution in [3.8, 4) is 5.75 Å². The lowest BCUT2D eigenvalue weighted by molar-refractivity contribution is 0.116. The fourth-order valence-electron chi connectivity index (χ4n) is 1.40. The van der Waals surface area contributed by atoms with Crippen molar-refractivity contribution in [2.45, 2.75) is 40.2 Å². The number of rotatable bonds is 3. The van der Waals surface area contributed by atoms with Crippen molar-refractivity contribution < 1.29 is 4.74 Å². The molecule has 1 aromatic rings. The van der Waals surface area contributed by atoms with E-state index in [0.29, 0.717) is 6.54 Å². The van der Waals surface area contributed by atoms with Crippen LogP contribution in [0.4, 0.5) is 0 Å². The third-order valence-corrected chi connectivity index (χ3v) is 2.74. The predicted octanol–water partition coefficient (Wildman–Crippen LogP) is 2.73. The van der Waals surface area contributed by atoms with E-state index in [9.17, 15) is 0 Å². The van der Waals surface area contributed by atoms with E-state index in [1.165, 1.54) is 16.7 Å². The summed E-state index contributed by atoms with van der Waals surface area (Å²) in [5.41, 5.74) is 8.99. The van der Waals surface area contributed by atoms with Crippen LogP contribution in [0.15, 0.2) is 12.1 Å². The van der Waals surface area contributed by atoms with Crippen molar-refractivity contribution in [3.63, 3.8) is 0 Å². The number of benzene rings is 1. The molecule has 0 heterocycles. The Bertz CT molecular complexity index is 356. The van der Waals surface area contributed by atoms with Gasteiger partial charge in [-0.2, -0.15) is 0 Å². The van der Waals surface area contributed by atoms with Crippen LogP contribution < -0.4 is 10.5 Å². The average molecular weight is 207 g/mol. The van der Waals surface area contributed by atoms with E-state index in [1.807, 2.05) is 13.8 Å². The van der Waals surface area contributed by atoms with Gasteiger partial charge in [-0.25, -0.2) is 0 Å². The molecule has 2 nitrogen and oxygen atoms in total. The number of aryl methyl sites for hydroxylation is 2. The van der Waals surface area contributed by atoms with Crippen LogP contribution in [0.1, 0.15) is 30.5 Å². The third kappa shape index (κ3) is 2.72. The van der Waals surface area contributed by atoms with Gasteiger partial charge in [-0.05, 0) is 51.3 Å². The van der Waals surface area contributed by atoms with Gasteiger partial charge in [0.2, 0.25) is 0 Å². The van der Waals surface area contributed by atoms with Crippen molar-refractivity contribution in [1.82, 2.24) is 0 Å². The maximum atomic E-state index is 5.97. The summed E-state index contributed by atoms with van der Waals surface area (Å²) in [6.45, 7) is 10.8. The molecule has 0 spiro atoms. The molecule has 2 N–H and O–H groups in total. The Balaban J connectivity index is 3.09. The van der Waals surface area contributed by atoms with Crippen molar-refractivity contribution in [2.24, 2.45) is 5.73 Å². The summed E-state index contributed by atoms with van der Waals surface area (Å²) in [7, 11) is 0. The molecule has 0 fully saturated rings. The summed E-state index contributed by atoms with van der Waals surface area (Å²) in [5.74, 6) is 0.977. The minimum absolute atomic E-state index is 0.302. The van der Waals surface area contributed by atoms with E-state index in [1.54, 1.807) is 0 Å². The highest BCUT2D eigenvalue weighted by Gasteiger charge is 2.19. The predicted molar refractivity (Wildman–Crippen MR) is 64.4 cm³/mol. The van der Waals surface area contributed by atoms with Crippen molar-refractivity contribution in [1.29, 1.82) is 0 Å². The van der Waals surface area contributed by atoms with Crippen molar-refractivity contribution in [3.05, 3.63) is 28.8 Å². The largest absolute Gasteiger partial charge is 0.486 e. The smallest absolute Gasteiger partial charge is 0.126 e. The summed E-state index contributed by atoms with van der Waals surface area (Å²) in [4.78, 5) is 0. The molecule has 1 rings (SSSR count). The second-order valence-electron chi connectivity index (χ2n) is 4.72. The van der Waals surface area contributed by atoms with Gasteiger partial charge in [0.25, 0.3) is 0 Å². The van der Waals surface area contributed by atoms with Crippen molar-refractivity contribution in [2.75, 3.05) is 6.54 Å². The first kappa shape index (κ1) is 12.1. The zero-order valence-corrected chi connectivity index (χ0v) is 10.3. The van der Waals surface area contributed by atoms with E-state index in [2.05, 4.69) is 32.9 Å². The number of hydrogen-bond acceptors (Lipinski definition) is 2. The van der Waals surface area contributed by atoms with E-state index >= 15 is 0 Å². The second-order valence-corrected chi connectivity index (χ2v) is 4.72.